The number of nitrogens with zero attached hydrogens (tertiary/aromatic N) is 1. The lowest BCUT2D eigenvalue weighted by atomic mass is 9.86. The van der Waals surface area contributed by atoms with E-state index in [-0.39, 0.29) is 0 Å². The molecular weight excluding hydrogens is 370 g/mol. The number of thiophene rings is 1. The van der Waals surface area contributed by atoms with Crippen LogP contribution in [0.5, 0.6) is 0 Å². The Morgan fingerprint density at radius 2 is 1.55 bits per heavy atom. The lowest BCUT2D eigenvalue weighted by Gasteiger charge is -2.19. The van der Waals surface area contributed by atoms with Crippen molar-refractivity contribution in [3.63, 3.8) is 0 Å². The minimum absolute atomic E-state index is 0.295. The first-order chi connectivity index (χ1) is 13.6. The van der Waals surface area contributed by atoms with Crippen LogP contribution < -0.4 is 4.57 Å². The highest BCUT2D eigenvalue weighted by Gasteiger charge is 2.23. The van der Waals surface area contributed by atoms with Crippen LogP contribution in [0.2, 0.25) is 0 Å². The second-order valence-corrected chi connectivity index (χ2v) is 10.9. The Labute approximate surface area is 179 Å². The highest BCUT2D eigenvalue weighted by atomic mass is 32.1. The maximum absolute atomic E-state index is 2.35. The van der Waals surface area contributed by atoms with Gasteiger partial charge in [0.05, 0.1) is 5.56 Å². The minimum Gasteiger partial charge on any atom is -0.200 e. The summed E-state index contributed by atoms with van der Waals surface area (Å²) >= 11 is 1.96. The van der Waals surface area contributed by atoms with Crippen LogP contribution in [0.4, 0.5) is 0 Å². The summed E-state index contributed by atoms with van der Waals surface area (Å²) in [5, 5.41) is 2.77. The van der Waals surface area contributed by atoms with Crippen molar-refractivity contribution >= 4 is 31.5 Å². The number of pyridine rings is 1. The zero-order chi connectivity index (χ0) is 21.1. The van der Waals surface area contributed by atoms with Gasteiger partial charge in [-0.15, -0.1) is 11.3 Å². The van der Waals surface area contributed by atoms with Crippen LogP contribution in [0.3, 0.4) is 0 Å². The molecule has 2 heterocycles. The second-order valence-electron chi connectivity index (χ2n) is 9.84. The van der Waals surface area contributed by atoms with E-state index in [2.05, 4.69) is 96.6 Å². The summed E-state index contributed by atoms with van der Waals surface area (Å²) in [6, 6.07) is 11.6. The molecule has 0 aliphatic heterocycles. The quantitative estimate of drug-likeness (QED) is 0.308. The molecule has 0 N–H and O–H groups in total. The Balaban J connectivity index is 2.05. The molecule has 4 aromatic rings. The highest BCUT2D eigenvalue weighted by Crippen LogP contribution is 2.42. The molecule has 0 bridgehead atoms. The molecule has 0 spiro atoms. The maximum atomic E-state index is 2.35. The van der Waals surface area contributed by atoms with Gasteiger partial charge in [0.1, 0.15) is 11.7 Å². The molecule has 0 atom stereocenters. The van der Waals surface area contributed by atoms with Gasteiger partial charge < -0.3 is 0 Å². The van der Waals surface area contributed by atoms with Crippen molar-refractivity contribution in [2.75, 3.05) is 0 Å². The molecule has 2 aromatic carbocycles. The summed E-state index contributed by atoms with van der Waals surface area (Å²) in [6.07, 6.45) is 3.33. The molecule has 0 aliphatic carbocycles. The van der Waals surface area contributed by atoms with E-state index in [4.69, 9.17) is 0 Å². The van der Waals surface area contributed by atoms with Crippen molar-refractivity contribution in [2.45, 2.75) is 54.9 Å². The van der Waals surface area contributed by atoms with E-state index in [0.717, 1.165) is 6.42 Å². The number of aromatic nitrogens is 1. The molecule has 0 unspecified atom stereocenters. The topological polar surface area (TPSA) is 3.88 Å². The lowest BCUT2D eigenvalue weighted by molar-refractivity contribution is -0.659. The number of aryl methyl sites for hydroxylation is 4. The fourth-order valence-electron chi connectivity index (χ4n) is 4.48. The van der Waals surface area contributed by atoms with Gasteiger partial charge in [0.2, 0.25) is 5.69 Å². The molecule has 1 nitrogen and oxygen atoms in total. The Hall–Kier alpha value is -2.19. The van der Waals surface area contributed by atoms with E-state index >= 15 is 0 Å². The smallest absolute Gasteiger partial charge is 0.200 e. The van der Waals surface area contributed by atoms with Crippen LogP contribution in [-0.2, 0) is 13.5 Å². The number of fused-ring (bicyclic) bond motifs is 3. The standard InChI is InChI=1S/C27H32NS/c1-16-13-17(2)18(3)23(14-16)24-26-22(11-12-28(24)8)21-10-9-20(15-27(5,6)7)19(4)25(21)29-26/h9-14H,15H2,1-8H3/q+1. The summed E-state index contributed by atoms with van der Waals surface area (Å²) in [4.78, 5) is 0. The molecule has 0 fully saturated rings. The summed E-state index contributed by atoms with van der Waals surface area (Å²) < 4.78 is 5.13. The van der Waals surface area contributed by atoms with E-state index in [1.54, 1.807) is 0 Å². The highest BCUT2D eigenvalue weighted by molar-refractivity contribution is 7.26. The molecule has 4 rings (SSSR count). The molecule has 0 saturated carbocycles. The van der Waals surface area contributed by atoms with Crippen molar-refractivity contribution in [1.29, 1.82) is 0 Å². The summed E-state index contributed by atoms with van der Waals surface area (Å²) in [5.74, 6) is 0. The van der Waals surface area contributed by atoms with Crippen molar-refractivity contribution in [2.24, 2.45) is 12.5 Å². The van der Waals surface area contributed by atoms with E-state index in [1.807, 2.05) is 11.3 Å². The Kier molecular flexibility index (Phi) is 4.82. The van der Waals surface area contributed by atoms with Crippen LogP contribution in [0.25, 0.3) is 31.4 Å². The first kappa shape index (κ1) is 20.1. The third-order valence-electron chi connectivity index (χ3n) is 6.08. The fraction of sp³-hybridized carbons (Fsp3) is 0.370. The van der Waals surface area contributed by atoms with Crippen LogP contribution in [0.15, 0.2) is 36.5 Å². The van der Waals surface area contributed by atoms with E-state index in [9.17, 15) is 0 Å². The van der Waals surface area contributed by atoms with Gasteiger partial charge in [-0.25, -0.2) is 0 Å². The van der Waals surface area contributed by atoms with Gasteiger partial charge >= 0.3 is 0 Å². The van der Waals surface area contributed by atoms with Gasteiger partial charge in [-0.05, 0) is 67.9 Å². The molecule has 0 saturated heterocycles. The van der Waals surface area contributed by atoms with Crippen LogP contribution in [-0.4, -0.2) is 0 Å². The molecule has 150 valence electrons. The van der Waals surface area contributed by atoms with Crippen molar-refractivity contribution in [3.8, 4) is 11.3 Å². The van der Waals surface area contributed by atoms with Gasteiger partial charge in [-0.2, -0.15) is 4.57 Å². The van der Waals surface area contributed by atoms with Gasteiger partial charge in [0, 0.05) is 21.5 Å². The third kappa shape index (κ3) is 3.48. The molecule has 0 aliphatic rings. The van der Waals surface area contributed by atoms with Crippen molar-refractivity contribution in [1.82, 2.24) is 0 Å². The van der Waals surface area contributed by atoms with Crippen LogP contribution in [0, 0.1) is 33.1 Å². The molecule has 29 heavy (non-hydrogen) atoms. The van der Waals surface area contributed by atoms with E-state index in [0.29, 0.717) is 5.41 Å². The Morgan fingerprint density at radius 3 is 2.24 bits per heavy atom. The first-order valence-electron chi connectivity index (χ1n) is 10.5. The van der Waals surface area contributed by atoms with Gasteiger partial charge in [-0.3, -0.25) is 0 Å². The monoisotopic (exact) mass is 402 g/mol. The Morgan fingerprint density at radius 1 is 0.862 bits per heavy atom. The van der Waals surface area contributed by atoms with E-state index in [1.165, 1.54) is 59.2 Å². The number of hydrogen-bond acceptors (Lipinski definition) is 1. The third-order valence-corrected chi connectivity index (χ3v) is 7.42. The summed E-state index contributed by atoms with van der Waals surface area (Å²) in [6.45, 7) is 15.9. The Bertz CT molecular complexity index is 1250. The van der Waals surface area contributed by atoms with Crippen molar-refractivity contribution < 1.29 is 4.57 Å². The average Bonchev–Trinajstić information content (AvgIpc) is 2.99. The average molecular weight is 403 g/mol. The number of rotatable bonds is 2. The molecule has 2 heteroatoms. The van der Waals surface area contributed by atoms with Gasteiger partial charge in [0.25, 0.3) is 0 Å². The molecule has 0 amide bonds. The lowest BCUT2D eigenvalue weighted by Crippen LogP contribution is -2.30. The van der Waals surface area contributed by atoms with E-state index < -0.39 is 0 Å². The predicted molar refractivity (Wildman–Crippen MR) is 128 cm³/mol. The normalized spacial score (nSPS) is 12.3. The van der Waals surface area contributed by atoms with Crippen LogP contribution >= 0.6 is 11.3 Å². The SMILES string of the molecule is Cc1cc(C)c(C)c(-c2c3sc4c(C)c(CC(C)(C)C)ccc4c3cc[n+]2C)c1. The maximum Gasteiger partial charge on any atom is 0.230 e. The molecular formula is C27H32NS+. The fourth-order valence-corrected chi connectivity index (χ4v) is 5.89. The zero-order valence-electron chi connectivity index (χ0n) is 19.0. The predicted octanol–water partition coefficient (Wildman–Crippen LogP) is 7.37. The minimum atomic E-state index is 0.295. The first-order valence-corrected chi connectivity index (χ1v) is 11.3. The molecule has 0 radical (unpaired) electrons. The van der Waals surface area contributed by atoms with Gasteiger partial charge in [0.15, 0.2) is 6.20 Å². The zero-order valence-corrected chi connectivity index (χ0v) is 19.8. The number of hydrogen-bond donors (Lipinski definition) is 0. The summed E-state index contributed by atoms with van der Waals surface area (Å²) in [5.41, 5.74) is 9.98. The molecule has 2 aromatic heterocycles. The van der Waals surface area contributed by atoms with Crippen LogP contribution in [0.1, 0.15) is 48.6 Å². The van der Waals surface area contributed by atoms with Gasteiger partial charge in [-0.1, -0.05) is 44.5 Å². The van der Waals surface area contributed by atoms with Crippen molar-refractivity contribution in [3.05, 3.63) is 64.3 Å². The summed E-state index contributed by atoms with van der Waals surface area (Å²) in [7, 11) is 2.17. The number of benzene rings is 2. The second kappa shape index (κ2) is 6.95. The largest absolute Gasteiger partial charge is 0.230 e.